The summed E-state index contributed by atoms with van der Waals surface area (Å²) in [5, 5.41) is 11.5. The van der Waals surface area contributed by atoms with Gasteiger partial charge < -0.3 is 10.6 Å². The number of hydrogen-bond acceptors (Lipinski definition) is 4. The Labute approximate surface area is 152 Å². The number of carbonyl (C=O) groups excluding carboxylic acids is 1. The molecule has 2 rings (SSSR count). The van der Waals surface area contributed by atoms with E-state index >= 15 is 0 Å². The Bertz CT molecular complexity index is 852. The van der Waals surface area contributed by atoms with E-state index in [-0.39, 0.29) is 17.3 Å². The number of carbonyl (C=O) groups is 1. The number of amides is 1. The van der Waals surface area contributed by atoms with Crippen LogP contribution < -0.4 is 15.8 Å². The van der Waals surface area contributed by atoms with Gasteiger partial charge in [0.2, 0.25) is 15.9 Å². The zero-order chi connectivity index (χ0) is 18.4. The Balaban J connectivity index is 1.76. The fourth-order valence-corrected chi connectivity index (χ4v) is 2.98. The van der Waals surface area contributed by atoms with Gasteiger partial charge in [-0.15, -0.1) is 0 Å². The van der Waals surface area contributed by atoms with Crippen molar-refractivity contribution in [2.24, 2.45) is 5.14 Å². The van der Waals surface area contributed by atoms with Crippen molar-refractivity contribution in [3.8, 4) is 0 Å². The Morgan fingerprint density at radius 1 is 1.16 bits per heavy atom. The van der Waals surface area contributed by atoms with E-state index in [1.807, 2.05) is 6.92 Å². The van der Waals surface area contributed by atoms with Crippen molar-refractivity contribution >= 4 is 33.2 Å². The van der Waals surface area contributed by atoms with Crippen LogP contribution in [0.25, 0.3) is 0 Å². The lowest BCUT2D eigenvalue weighted by Gasteiger charge is -2.09. The van der Waals surface area contributed by atoms with Gasteiger partial charge >= 0.3 is 0 Å². The molecule has 1 amide bonds. The molecule has 0 saturated carbocycles. The van der Waals surface area contributed by atoms with Gasteiger partial charge in [0.25, 0.3) is 0 Å². The largest absolute Gasteiger partial charge is 0.325 e. The lowest BCUT2D eigenvalue weighted by Crippen LogP contribution is -2.29. The average Bonchev–Trinajstić information content (AvgIpc) is 2.54. The molecule has 25 heavy (non-hydrogen) atoms. The van der Waals surface area contributed by atoms with E-state index in [1.165, 1.54) is 12.1 Å². The van der Waals surface area contributed by atoms with E-state index < -0.39 is 10.0 Å². The minimum absolute atomic E-state index is 0.0851. The lowest BCUT2D eigenvalue weighted by molar-refractivity contribution is -0.115. The number of benzene rings is 2. The number of rotatable bonds is 7. The van der Waals surface area contributed by atoms with Crippen molar-refractivity contribution in [2.45, 2.75) is 18.2 Å². The summed E-state index contributed by atoms with van der Waals surface area (Å²) in [4.78, 5) is 12.0. The molecule has 0 radical (unpaired) electrons. The summed E-state index contributed by atoms with van der Waals surface area (Å²) in [6.45, 7) is 2.64. The zero-order valence-corrected chi connectivity index (χ0v) is 15.3. The molecule has 2 aromatic rings. The number of nitrogens with one attached hydrogen (secondary N) is 2. The topological polar surface area (TPSA) is 101 Å². The first-order valence-corrected chi connectivity index (χ1v) is 9.56. The van der Waals surface area contributed by atoms with Crippen molar-refractivity contribution in [3.05, 3.63) is 58.6 Å². The van der Waals surface area contributed by atoms with Crippen LogP contribution in [-0.2, 0) is 21.2 Å². The average molecular weight is 382 g/mol. The fraction of sp³-hybridized carbons (Fsp3) is 0.235. The van der Waals surface area contributed by atoms with Crippen LogP contribution in [0.5, 0.6) is 0 Å². The molecule has 0 aliphatic rings. The molecule has 0 unspecified atom stereocenters. The maximum Gasteiger partial charge on any atom is 0.238 e. The van der Waals surface area contributed by atoms with Crippen LogP contribution in [0.3, 0.4) is 0 Å². The first-order chi connectivity index (χ1) is 11.8. The van der Waals surface area contributed by atoms with Crippen LogP contribution in [0.2, 0.25) is 5.02 Å². The number of sulfonamides is 1. The van der Waals surface area contributed by atoms with Crippen LogP contribution >= 0.6 is 11.6 Å². The van der Waals surface area contributed by atoms with Gasteiger partial charge in [-0.05, 0) is 61.3 Å². The SMILES string of the molecule is Cc1cc(Cl)ccc1NC(=O)CNCCc1ccc(S(N)(=O)=O)cc1. The minimum Gasteiger partial charge on any atom is -0.325 e. The molecule has 134 valence electrons. The van der Waals surface area contributed by atoms with Gasteiger partial charge in [-0.1, -0.05) is 23.7 Å². The molecule has 2 aromatic carbocycles. The van der Waals surface area contributed by atoms with E-state index in [4.69, 9.17) is 16.7 Å². The normalized spacial score (nSPS) is 11.3. The van der Waals surface area contributed by atoms with Gasteiger partial charge in [0.05, 0.1) is 11.4 Å². The third-order valence-corrected chi connectivity index (χ3v) is 4.75. The fourth-order valence-electron chi connectivity index (χ4n) is 2.24. The molecule has 0 fully saturated rings. The number of nitrogens with two attached hydrogens (primary N) is 1. The van der Waals surface area contributed by atoms with E-state index in [0.29, 0.717) is 18.0 Å². The first-order valence-electron chi connectivity index (χ1n) is 7.64. The maximum atomic E-state index is 11.9. The summed E-state index contributed by atoms with van der Waals surface area (Å²) in [6.07, 6.45) is 0.665. The molecule has 0 bridgehead atoms. The molecule has 0 aromatic heterocycles. The first kappa shape index (κ1) is 19.4. The van der Waals surface area contributed by atoms with Gasteiger partial charge in [0.1, 0.15) is 0 Å². The lowest BCUT2D eigenvalue weighted by atomic mass is 10.1. The van der Waals surface area contributed by atoms with E-state index in [2.05, 4.69) is 10.6 Å². The summed E-state index contributed by atoms with van der Waals surface area (Å²) >= 11 is 5.88. The molecule has 6 nitrogen and oxygen atoms in total. The second kappa shape index (κ2) is 8.44. The quantitative estimate of drug-likeness (QED) is 0.639. The van der Waals surface area contributed by atoms with Crippen LogP contribution in [-0.4, -0.2) is 27.4 Å². The van der Waals surface area contributed by atoms with Gasteiger partial charge in [-0.2, -0.15) is 0 Å². The zero-order valence-electron chi connectivity index (χ0n) is 13.8. The predicted octanol–water partition coefficient (Wildman–Crippen LogP) is 2.07. The summed E-state index contributed by atoms with van der Waals surface area (Å²) in [7, 11) is -3.67. The minimum atomic E-state index is -3.67. The molecular formula is C17H20ClN3O3S. The van der Waals surface area contributed by atoms with Crippen molar-refractivity contribution in [3.63, 3.8) is 0 Å². The highest BCUT2D eigenvalue weighted by Gasteiger charge is 2.07. The monoisotopic (exact) mass is 381 g/mol. The number of primary sulfonamides is 1. The standard InChI is InChI=1S/C17H20ClN3O3S/c1-12-10-14(18)4-7-16(12)21-17(22)11-20-9-8-13-2-5-15(6-3-13)25(19,23)24/h2-7,10,20H,8-9,11H2,1H3,(H,21,22)(H2,19,23,24). The summed E-state index contributed by atoms with van der Waals surface area (Å²) in [5.41, 5.74) is 2.58. The molecule has 0 atom stereocenters. The van der Waals surface area contributed by atoms with Crippen molar-refractivity contribution < 1.29 is 13.2 Å². The molecular weight excluding hydrogens is 362 g/mol. The summed E-state index contributed by atoms with van der Waals surface area (Å²) < 4.78 is 22.4. The summed E-state index contributed by atoms with van der Waals surface area (Å²) in [6, 6.07) is 11.6. The maximum absolute atomic E-state index is 11.9. The third-order valence-electron chi connectivity index (χ3n) is 3.59. The van der Waals surface area contributed by atoms with E-state index in [1.54, 1.807) is 30.3 Å². The molecule has 0 saturated heterocycles. The smallest absolute Gasteiger partial charge is 0.238 e. The summed E-state index contributed by atoms with van der Waals surface area (Å²) in [5.74, 6) is -0.144. The number of halogens is 1. The number of aryl methyl sites for hydroxylation is 1. The van der Waals surface area contributed by atoms with Crippen molar-refractivity contribution in [2.75, 3.05) is 18.4 Å². The third kappa shape index (κ3) is 6.13. The molecule has 0 spiro atoms. The Morgan fingerprint density at radius 3 is 2.44 bits per heavy atom. The molecule has 8 heteroatoms. The molecule has 0 aliphatic carbocycles. The van der Waals surface area contributed by atoms with Crippen LogP contribution in [0.1, 0.15) is 11.1 Å². The van der Waals surface area contributed by atoms with Crippen LogP contribution in [0, 0.1) is 6.92 Å². The van der Waals surface area contributed by atoms with Gasteiger partial charge in [-0.25, -0.2) is 13.6 Å². The van der Waals surface area contributed by atoms with Crippen LogP contribution in [0.4, 0.5) is 5.69 Å². The number of hydrogen-bond donors (Lipinski definition) is 3. The highest BCUT2D eigenvalue weighted by molar-refractivity contribution is 7.89. The molecule has 0 aliphatic heterocycles. The van der Waals surface area contributed by atoms with Crippen molar-refractivity contribution in [1.29, 1.82) is 0 Å². The van der Waals surface area contributed by atoms with Gasteiger partial charge in [0, 0.05) is 10.7 Å². The highest BCUT2D eigenvalue weighted by Crippen LogP contribution is 2.19. The Hall–Kier alpha value is -1.93. The predicted molar refractivity (Wildman–Crippen MR) is 99.2 cm³/mol. The molecule has 4 N–H and O–H groups in total. The van der Waals surface area contributed by atoms with Crippen LogP contribution in [0.15, 0.2) is 47.4 Å². The van der Waals surface area contributed by atoms with Gasteiger partial charge in [-0.3, -0.25) is 4.79 Å². The van der Waals surface area contributed by atoms with E-state index in [9.17, 15) is 13.2 Å². The van der Waals surface area contributed by atoms with Crippen molar-refractivity contribution in [1.82, 2.24) is 5.32 Å². The number of anilines is 1. The second-order valence-corrected chi connectivity index (χ2v) is 7.62. The molecule has 0 heterocycles. The Kier molecular flexibility index (Phi) is 6.55. The second-order valence-electron chi connectivity index (χ2n) is 5.62. The Morgan fingerprint density at radius 2 is 1.84 bits per heavy atom. The van der Waals surface area contributed by atoms with Gasteiger partial charge in [0.15, 0.2) is 0 Å². The van der Waals surface area contributed by atoms with E-state index in [0.717, 1.165) is 16.8 Å². The highest BCUT2D eigenvalue weighted by atomic mass is 35.5.